The largest absolute Gasteiger partial charge is 0.396 e. The second-order valence-electron chi connectivity index (χ2n) is 5.22. The van der Waals surface area contributed by atoms with Crippen LogP contribution in [0.3, 0.4) is 0 Å². The Kier molecular flexibility index (Phi) is 7.90. The second-order valence-corrected chi connectivity index (χ2v) is 5.22. The number of carbonyl (C=O) groups is 1. The Balaban J connectivity index is 2.34. The maximum Gasteiger partial charge on any atom is 0.220 e. The molecule has 1 rings (SSSR count). The maximum absolute atomic E-state index is 13.0. The minimum Gasteiger partial charge on any atom is -0.396 e. The van der Waals surface area contributed by atoms with E-state index >= 15 is 0 Å². The number of benzene rings is 1. The summed E-state index contributed by atoms with van der Waals surface area (Å²) in [5, 5.41) is 11.8. The van der Waals surface area contributed by atoms with Gasteiger partial charge in [-0.15, -0.1) is 0 Å². The molecule has 0 saturated carbocycles. The smallest absolute Gasteiger partial charge is 0.220 e. The number of rotatable bonds is 9. The van der Waals surface area contributed by atoms with E-state index in [4.69, 9.17) is 5.11 Å². The number of aryl methyl sites for hydroxylation is 1. The summed E-state index contributed by atoms with van der Waals surface area (Å²) in [4.78, 5) is 11.7. The number of halogens is 2. The van der Waals surface area contributed by atoms with Crippen LogP contribution in [0.15, 0.2) is 18.2 Å². The molecule has 1 aromatic carbocycles. The molecular formula is C16H23F2NO2. The van der Waals surface area contributed by atoms with Crippen molar-refractivity contribution >= 4 is 5.91 Å². The fourth-order valence-electron chi connectivity index (χ4n) is 2.24. The van der Waals surface area contributed by atoms with Gasteiger partial charge in [0.1, 0.15) is 0 Å². The van der Waals surface area contributed by atoms with Gasteiger partial charge in [0, 0.05) is 19.6 Å². The van der Waals surface area contributed by atoms with Gasteiger partial charge in [-0.2, -0.15) is 0 Å². The van der Waals surface area contributed by atoms with Crippen molar-refractivity contribution in [3.05, 3.63) is 35.4 Å². The number of amides is 1. The third kappa shape index (κ3) is 6.67. The topological polar surface area (TPSA) is 49.3 Å². The molecule has 2 N–H and O–H groups in total. The average molecular weight is 299 g/mol. The molecule has 0 aliphatic carbocycles. The van der Waals surface area contributed by atoms with E-state index in [1.54, 1.807) is 0 Å². The zero-order valence-corrected chi connectivity index (χ0v) is 12.4. The number of hydrogen-bond acceptors (Lipinski definition) is 2. The maximum atomic E-state index is 13.0. The van der Waals surface area contributed by atoms with Crippen molar-refractivity contribution in [1.29, 1.82) is 0 Å². The number of aliphatic hydroxyl groups excluding tert-OH is 1. The summed E-state index contributed by atoms with van der Waals surface area (Å²) in [6.45, 7) is 2.73. The average Bonchev–Trinajstić information content (AvgIpc) is 2.46. The van der Waals surface area contributed by atoms with E-state index in [9.17, 15) is 13.6 Å². The first-order valence-electron chi connectivity index (χ1n) is 7.38. The zero-order valence-electron chi connectivity index (χ0n) is 12.4. The lowest BCUT2D eigenvalue weighted by molar-refractivity contribution is -0.121. The van der Waals surface area contributed by atoms with E-state index < -0.39 is 11.6 Å². The van der Waals surface area contributed by atoms with E-state index in [1.165, 1.54) is 6.07 Å². The lowest BCUT2D eigenvalue weighted by atomic mass is 10.00. The highest BCUT2D eigenvalue weighted by Gasteiger charge is 2.10. The first-order valence-corrected chi connectivity index (χ1v) is 7.38. The molecule has 1 amide bonds. The van der Waals surface area contributed by atoms with Gasteiger partial charge >= 0.3 is 0 Å². The summed E-state index contributed by atoms with van der Waals surface area (Å²) < 4.78 is 25.8. The SMILES string of the molecule is CCCC(CCO)CNC(=O)CCc1ccc(F)c(F)c1. The quantitative estimate of drug-likeness (QED) is 0.736. The summed E-state index contributed by atoms with van der Waals surface area (Å²) in [5.41, 5.74) is 0.601. The van der Waals surface area contributed by atoms with E-state index in [1.807, 2.05) is 0 Å². The van der Waals surface area contributed by atoms with E-state index in [0.29, 0.717) is 24.9 Å². The Labute approximate surface area is 124 Å². The highest BCUT2D eigenvalue weighted by Crippen LogP contribution is 2.11. The highest BCUT2D eigenvalue weighted by molar-refractivity contribution is 5.76. The van der Waals surface area contributed by atoms with Crippen LogP contribution in [-0.4, -0.2) is 24.2 Å². The van der Waals surface area contributed by atoms with Crippen LogP contribution < -0.4 is 5.32 Å². The molecular weight excluding hydrogens is 276 g/mol. The highest BCUT2D eigenvalue weighted by atomic mass is 19.2. The molecule has 21 heavy (non-hydrogen) atoms. The molecule has 0 aliphatic heterocycles. The normalized spacial score (nSPS) is 12.2. The first kappa shape index (κ1) is 17.6. The molecule has 118 valence electrons. The zero-order chi connectivity index (χ0) is 15.7. The van der Waals surface area contributed by atoms with Gasteiger partial charge in [-0.25, -0.2) is 8.78 Å². The van der Waals surface area contributed by atoms with Crippen LogP contribution in [-0.2, 0) is 11.2 Å². The van der Waals surface area contributed by atoms with Crippen LogP contribution in [0.25, 0.3) is 0 Å². The number of nitrogens with one attached hydrogen (secondary N) is 1. The molecule has 1 aromatic rings. The molecule has 0 radical (unpaired) electrons. The molecule has 0 heterocycles. The van der Waals surface area contributed by atoms with Gasteiger partial charge in [-0.05, 0) is 42.9 Å². The van der Waals surface area contributed by atoms with Gasteiger partial charge in [0.05, 0.1) is 0 Å². The van der Waals surface area contributed by atoms with Crippen molar-refractivity contribution in [2.45, 2.75) is 39.0 Å². The van der Waals surface area contributed by atoms with Crippen molar-refractivity contribution in [2.24, 2.45) is 5.92 Å². The summed E-state index contributed by atoms with van der Waals surface area (Å²) in [6, 6.07) is 3.67. The molecule has 0 spiro atoms. The van der Waals surface area contributed by atoms with Gasteiger partial charge in [0.25, 0.3) is 0 Å². The minimum atomic E-state index is -0.890. The van der Waals surface area contributed by atoms with E-state index in [0.717, 1.165) is 25.0 Å². The Morgan fingerprint density at radius 3 is 2.67 bits per heavy atom. The van der Waals surface area contributed by atoms with E-state index in [-0.39, 0.29) is 24.9 Å². The summed E-state index contributed by atoms with van der Waals surface area (Å²) in [7, 11) is 0. The van der Waals surface area contributed by atoms with Crippen molar-refractivity contribution in [3.8, 4) is 0 Å². The van der Waals surface area contributed by atoms with E-state index in [2.05, 4.69) is 12.2 Å². The second kappa shape index (κ2) is 9.45. The standard InChI is InChI=1S/C16H23F2NO2/c1-2-3-13(8-9-20)11-19-16(21)7-5-12-4-6-14(17)15(18)10-12/h4,6,10,13,20H,2-3,5,7-9,11H2,1H3,(H,19,21). The van der Waals surface area contributed by atoms with Crippen LogP contribution in [0.1, 0.15) is 38.2 Å². The Bertz CT molecular complexity index is 446. The fraction of sp³-hybridized carbons (Fsp3) is 0.562. The summed E-state index contributed by atoms with van der Waals surface area (Å²) in [5.74, 6) is -1.60. The van der Waals surface area contributed by atoms with Crippen molar-refractivity contribution in [3.63, 3.8) is 0 Å². The molecule has 0 aromatic heterocycles. The molecule has 0 saturated heterocycles. The van der Waals surface area contributed by atoms with Gasteiger partial charge < -0.3 is 10.4 Å². The molecule has 3 nitrogen and oxygen atoms in total. The number of carbonyl (C=O) groups excluding carboxylic acids is 1. The third-order valence-corrected chi connectivity index (χ3v) is 3.45. The first-order chi connectivity index (χ1) is 10.1. The molecule has 1 atom stereocenters. The van der Waals surface area contributed by atoms with Crippen LogP contribution in [0.5, 0.6) is 0 Å². The van der Waals surface area contributed by atoms with Crippen LogP contribution in [0.4, 0.5) is 8.78 Å². The van der Waals surface area contributed by atoms with Crippen molar-refractivity contribution < 1.29 is 18.7 Å². The summed E-state index contributed by atoms with van der Waals surface area (Å²) in [6.07, 6.45) is 3.27. The molecule has 5 heteroatoms. The Hall–Kier alpha value is -1.49. The molecule has 1 unspecified atom stereocenters. The van der Waals surface area contributed by atoms with Gasteiger partial charge in [-0.3, -0.25) is 4.79 Å². The lowest BCUT2D eigenvalue weighted by Crippen LogP contribution is -2.29. The minimum absolute atomic E-state index is 0.112. The Morgan fingerprint density at radius 1 is 1.29 bits per heavy atom. The lowest BCUT2D eigenvalue weighted by Gasteiger charge is -2.15. The summed E-state index contributed by atoms with van der Waals surface area (Å²) >= 11 is 0. The number of hydrogen-bond donors (Lipinski definition) is 2. The third-order valence-electron chi connectivity index (χ3n) is 3.45. The Morgan fingerprint density at radius 2 is 2.05 bits per heavy atom. The number of aliphatic hydroxyl groups is 1. The molecule has 0 fully saturated rings. The van der Waals surface area contributed by atoms with Gasteiger partial charge in [-0.1, -0.05) is 19.4 Å². The molecule has 0 bridgehead atoms. The van der Waals surface area contributed by atoms with Crippen LogP contribution in [0, 0.1) is 17.6 Å². The predicted molar refractivity (Wildman–Crippen MR) is 77.8 cm³/mol. The monoisotopic (exact) mass is 299 g/mol. The van der Waals surface area contributed by atoms with Crippen molar-refractivity contribution in [1.82, 2.24) is 5.32 Å². The van der Waals surface area contributed by atoms with Gasteiger partial charge in [0.2, 0.25) is 5.91 Å². The van der Waals surface area contributed by atoms with Crippen LogP contribution >= 0.6 is 0 Å². The van der Waals surface area contributed by atoms with Crippen LogP contribution in [0.2, 0.25) is 0 Å². The van der Waals surface area contributed by atoms with Gasteiger partial charge in [0.15, 0.2) is 11.6 Å². The van der Waals surface area contributed by atoms with Crippen molar-refractivity contribution in [2.75, 3.05) is 13.2 Å². The molecule has 0 aliphatic rings. The predicted octanol–water partition coefficient (Wildman–Crippen LogP) is 2.81. The fourth-order valence-corrected chi connectivity index (χ4v) is 2.24.